The van der Waals surface area contributed by atoms with Gasteiger partial charge in [0.2, 0.25) is 0 Å². The molecule has 0 amide bonds. The Morgan fingerprint density at radius 3 is 2.89 bits per heavy atom. The molecule has 3 nitrogen and oxygen atoms in total. The predicted molar refractivity (Wildman–Crippen MR) is 75.2 cm³/mol. The van der Waals surface area contributed by atoms with Gasteiger partial charge in [-0.3, -0.25) is 0 Å². The molecule has 2 heterocycles. The lowest BCUT2D eigenvalue weighted by atomic mass is 9.92. The van der Waals surface area contributed by atoms with Crippen LogP contribution in [0, 0.1) is 5.92 Å². The molecule has 0 radical (unpaired) electrons. The van der Waals surface area contributed by atoms with Gasteiger partial charge in [0.25, 0.3) is 0 Å². The number of thiazole rings is 1. The lowest BCUT2D eigenvalue weighted by molar-refractivity contribution is 0.153. The Balaban J connectivity index is 1.88. The van der Waals surface area contributed by atoms with Crippen LogP contribution in [-0.4, -0.2) is 22.7 Å². The number of hydrogen-bond donors (Lipinski definition) is 1. The molecule has 3 atom stereocenters. The standard InChI is InChI=1S/C14H22N2OS/c1-9-5-4-8-16(10(9)2)14-15-13-11(17)6-3-7-12(13)18-14/h9-11,17H,3-8H2,1-2H3. The van der Waals surface area contributed by atoms with Crippen LogP contribution in [0.1, 0.15) is 56.2 Å². The van der Waals surface area contributed by atoms with Crippen molar-refractivity contribution < 1.29 is 5.11 Å². The van der Waals surface area contributed by atoms with E-state index in [2.05, 4.69) is 18.7 Å². The molecule has 3 unspecified atom stereocenters. The third kappa shape index (κ3) is 2.05. The third-order valence-corrected chi connectivity index (χ3v) is 5.70. The summed E-state index contributed by atoms with van der Waals surface area (Å²) in [6.45, 7) is 5.76. The quantitative estimate of drug-likeness (QED) is 0.848. The van der Waals surface area contributed by atoms with E-state index in [1.807, 2.05) is 0 Å². The second-order valence-corrected chi connectivity index (χ2v) is 6.83. The number of aliphatic hydroxyl groups excluding tert-OH is 1. The van der Waals surface area contributed by atoms with Crippen LogP contribution in [0.5, 0.6) is 0 Å². The van der Waals surface area contributed by atoms with Crippen molar-refractivity contribution in [3.05, 3.63) is 10.6 Å². The zero-order valence-electron chi connectivity index (χ0n) is 11.2. The smallest absolute Gasteiger partial charge is 0.186 e. The molecule has 100 valence electrons. The van der Waals surface area contributed by atoms with Gasteiger partial charge in [0.15, 0.2) is 5.13 Å². The molecule has 3 rings (SSSR count). The van der Waals surface area contributed by atoms with Gasteiger partial charge in [-0.15, -0.1) is 11.3 Å². The molecule has 1 aliphatic heterocycles. The predicted octanol–water partition coefficient (Wildman–Crippen LogP) is 3.14. The van der Waals surface area contributed by atoms with Crippen LogP contribution in [0.2, 0.25) is 0 Å². The van der Waals surface area contributed by atoms with Crippen molar-refractivity contribution in [3.63, 3.8) is 0 Å². The number of nitrogens with zero attached hydrogens (tertiary/aromatic N) is 2. The van der Waals surface area contributed by atoms with Crippen molar-refractivity contribution in [2.45, 2.75) is 58.1 Å². The highest BCUT2D eigenvalue weighted by Crippen LogP contribution is 2.38. The normalized spacial score (nSPS) is 32.4. The summed E-state index contributed by atoms with van der Waals surface area (Å²) in [6.07, 6.45) is 5.34. The fourth-order valence-corrected chi connectivity index (χ4v) is 4.38. The van der Waals surface area contributed by atoms with Crippen LogP contribution in [0.3, 0.4) is 0 Å². The first-order valence-corrected chi connectivity index (χ1v) is 7.92. The van der Waals surface area contributed by atoms with E-state index in [1.165, 1.54) is 17.7 Å². The Kier molecular flexibility index (Phi) is 3.32. The second-order valence-electron chi connectivity index (χ2n) is 5.77. The van der Waals surface area contributed by atoms with E-state index < -0.39 is 0 Å². The van der Waals surface area contributed by atoms with Gasteiger partial charge in [-0.1, -0.05) is 6.92 Å². The number of piperidine rings is 1. The van der Waals surface area contributed by atoms with Crippen LogP contribution in [0.15, 0.2) is 0 Å². The molecule has 0 spiro atoms. The Bertz CT molecular complexity index is 431. The molecule has 2 aliphatic rings. The number of fused-ring (bicyclic) bond motifs is 1. The topological polar surface area (TPSA) is 36.4 Å². The van der Waals surface area contributed by atoms with Gasteiger partial charge in [-0.2, -0.15) is 0 Å². The van der Waals surface area contributed by atoms with Crippen molar-refractivity contribution in [2.75, 3.05) is 11.4 Å². The maximum atomic E-state index is 10.0. The summed E-state index contributed by atoms with van der Waals surface area (Å²) < 4.78 is 0. The van der Waals surface area contributed by atoms with Crippen LogP contribution in [0.4, 0.5) is 5.13 Å². The average Bonchev–Trinajstić information content (AvgIpc) is 2.78. The van der Waals surface area contributed by atoms with Crippen molar-refractivity contribution >= 4 is 16.5 Å². The molecule has 0 aromatic carbocycles. The zero-order chi connectivity index (χ0) is 12.7. The van der Waals surface area contributed by atoms with E-state index in [4.69, 9.17) is 4.98 Å². The SMILES string of the molecule is CC1CCCN(c2nc3c(s2)CCCC3O)C1C. The van der Waals surface area contributed by atoms with Gasteiger partial charge in [-0.25, -0.2) is 4.98 Å². The minimum absolute atomic E-state index is 0.323. The highest BCUT2D eigenvalue weighted by atomic mass is 32.1. The summed E-state index contributed by atoms with van der Waals surface area (Å²) in [5.41, 5.74) is 0.965. The lowest BCUT2D eigenvalue weighted by Crippen LogP contribution is -2.42. The number of aryl methyl sites for hydroxylation is 1. The Hall–Kier alpha value is -0.610. The first-order chi connectivity index (χ1) is 8.66. The number of rotatable bonds is 1. The maximum Gasteiger partial charge on any atom is 0.186 e. The Labute approximate surface area is 113 Å². The number of aliphatic hydroxyl groups is 1. The van der Waals surface area contributed by atoms with E-state index in [0.29, 0.717) is 6.04 Å². The number of aromatic nitrogens is 1. The summed E-state index contributed by atoms with van der Waals surface area (Å²) in [4.78, 5) is 8.50. The monoisotopic (exact) mass is 266 g/mol. The number of anilines is 1. The van der Waals surface area contributed by atoms with Gasteiger partial charge in [0.05, 0.1) is 11.8 Å². The second kappa shape index (κ2) is 4.82. The number of hydrogen-bond acceptors (Lipinski definition) is 4. The molecule has 4 heteroatoms. The van der Waals surface area contributed by atoms with Crippen molar-refractivity contribution in [3.8, 4) is 0 Å². The highest BCUT2D eigenvalue weighted by Gasteiger charge is 2.30. The first-order valence-electron chi connectivity index (χ1n) is 7.11. The van der Waals surface area contributed by atoms with Gasteiger partial charge in [-0.05, 0) is 44.9 Å². The average molecular weight is 266 g/mol. The molecule has 1 saturated heterocycles. The molecular formula is C14H22N2OS. The summed E-state index contributed by atoms with van der Waals surface area (Å²) in [7, 11) is 0. The molecule has 0 saturated carbocycles. The van der Waals surface area contributed by atoms with Crippen LogP contribution < -0.4 is 4.90 Å². The van der Waals surface area contributed by atoms with Crippen LogP contribution in [0.25, 0.3) is 0 Å². The van der Waals surface area contributed by atoms with Crippen LogP contribution in [-0.2, 0) is 6.42 Å². The molecular weight excluding hydrogens is 244 g/mol. The Morgan fingerprint density at radius 1 is 1.28 bits per heavy atom. The lowest BCUT2D eigenvalue weighted by Gasteiger charge is -2.37. The molecule has 1 aliphatic carbocycles. The maximum absolute atomic E-state index is 10.0. The van der Waals surface area contributed by atoms with E-state index in [9.17, 15) is 5.11 Å². The van der Waals surface area contributed by atoms with Gasteiger partial charge >= 0.3 is 0 Å². The van der Waals surface area contributed by atoms with E-state index in [0.717, 1.165) is 42.6 Å². The molecule has 0 bridgehead atoms. The molecule has 18 heavy (non-hydrogen) atoms. The first kappa shape index (κ1) is 12.4. The van der Waals surface area contributed by atoms with Crippen molar-refractivity contribution in [2.24, 2.45) is 5.92 Å². The Morgan fingerprint density at radius 2 is 2.11 bits per heavy atom. The minimum Gasteiger partial charge on any atom is -0.387 e. The summed E-state index contributed by atoms with van der Waals surface area (Å²) in [5.74, 6) is 0.740. The van der Waals surface area contributed by atoms with Crippen molar-refractivity contribution in [1.82, 2.24) is 4.98 Å². The summed E-state index contributed by atoms with van der Waals surface area (Å²) in [6, 6.07) is 0.573. The molecule has 1 N–H and O–H groups in total. The van der Waals surface area contributed by atoms with Gasteiger partial charge < -0.3 is 10.0 Å². The zero-order valence-corrected chi connectivity index (χ0v) is 12.0. The highest BCUT2D eigenvalue weighted by molar-refractivity contribution is 7.15. The molecule has 1 fully saturated rings. The van der Waals surface area contributed by atoms with Crippen molar-refractivity contribution in [1.29, 1.82) is 0 Å². The van der Waals surface area contributed by atoms with E-state index in [-0.39, 0.29) is 6.10 Å². The van der Waals surface area contributed by atoms with E-state index in [1.54, 1.807) is 11.3 Å². The minimum atomic E-state index is -0.323. The molecule has 1 aromatic heterocycles. The van der Waals surface area contributed by atoms with E-state index >= 15 is 0 Å². The third-order valence-electron chi connectivity index (χ3n) is 4.53. The van der Waals surface area contributed by atoms with Gasteiger partial charge in [0, 0.05) is 17.5 Å². The van der Waals surface area contributed by atoms with Crippen LogP contribution >= 0.6 is 11.3 Å². The summed E-state index contributed by atoms with van der Waals surface area (Å²) >= 11 is 1.81. The summed E-state index contributed by atoms with van der Waals surface area (Å²) in [5, 5.41) is 11.2. The molecule has 1 aromatic rings. The van der Waals surface area contributed by atoms with Gasteiger partial charge in [0.1, 0.15) is 0 Å². The fraction of sp³-hybridized carbons (Fsp3) is 0.786. The fourth-order valence-electron chi connectivity index (χ4n) is 3.11. The largest absolute Gasteiger partial charge is 0.387 e.